The molecule has 162 valence electrons. The first kappa shape index (κ1) is 22.7. The van der Waals surface area contributed by atoms with Gasteiger partial charge in [0.2, 0.25) is 0 Å². The van der Waals surface area contributed by atoms with Crippen molar-refractivity contribution in [1.29, 1.82) is 0 Å². The fraction of sp³-hybridized carbons (Fsp3) is 0.250. The van der Waals surface area contributed by atoms with E-state index < -0.39 is 7.32 Å². The van der Waals surface area contributed by atoms with Crippen LogP contribution in [0.2, 0.25) is 0 Å². The molecule has 3 aromatic carbocycles. The first-order valence-electron chi connectivity index (χ1n) is 9.94. The molecule has 0 amide bonds. The Hall–Kier alpha value is -3.00. The van der Waals surface area contributed by atoms with Crippen LogP contribution in [0.5, 0.6) is 17.2 Å². The molecule has 0 heterocycles. The van der Waals surface area contributed by atoms with Crippen molar-refractivity contribution in [2.24, 2.45) is 0 Å². The van der Waals surface area contributed by atoms with E-state index in [0.717, 1.165) is 16.7 Å². The number of hydrogen-bond acceptors (Lipinski definition) is 6. The van der Waals surface area contributed by atoms with Gasteiger partial charge in [-0.3, -0.25) is 0 Å². The van der Waals surface area contributed by atoms with Crippen LogP contribution in [0.25, 0.3) is 0 Å². The lowest BCUT2D eigenvalue weighted by molar-refractivity contribution is 0.185. The van der Waals surface area contributed by atoms with Crippen molar-refractivity contribution in [2.45, 2.75) is 19.8 Å². The predicted octanol–water partition coefficient (Wildman–Crippen LogP) is 4.65. The Bertz CT molecular complexity index is 774. The Labute approximate surface area is 183 Å². The summed E-state index contributed by atoms with van der Waals surface area (Å²) in [6.45, 7) is 1.62. The van der Waals surface area contributed by atoms with Crippen molar-refractivity contribution in [2.75, 3.05) is 21.3 Å². The molecule has 0 radical (unpaired) electrons. The van der Waals surface area contributed by atoms with Crippen LogP contribution in [0.15, 0.2) is 72.8 Å². The second kappa shape index (κ2) is 12.0. The van der Waals surface area contributed by atoms with Crippen LogP contribution in [-0.4, -0.2) is 28.7 Å². The zero-order valence-electron chi connectivity index (χ0n) is 18.1. The van der Waals surface area contributed by atoms with E-state index in [1.807, 2.05) is 72.8 Å². The zero-order valence-corrected chi connectivity index (χ0v) is 18.1. The second-order valence-corrected chi connectivity index (χ2v) is 6.87. The van der Waals surface area contributed by atoms with E-state index in [9.17, 15) is 0 Å². The van der Waals surface area contributed by atoms with Crippen LogP contribution in [0.4, 0.5) is 0 Å². The summed E-state index contributed by atoms with van der Waals surface area (Å²) in [6, 6.07) is 22.8. The summed E-state index contributed by atoms with van der Waals surface area (Å²) in [5.41, 5.74) is 3.15. The topological polar surface area (TPSA) is 55.4 Å². The van der Waals surface area contributed by atoms with E-state index in [4.69, 9.17) is 28.2 Å². The van der Waals surface area contributed by atoms with Crippen LogP contribution < -0.4 is 14.0 Å². The standard InChI is InChI=1S/C24H27BO6/c1-26-16-19-4-10-22(11-5-19)29-25(30-23-12-6-20(7-13-23)17-27-2)31-24-14-8-21(9-15-24)18-28-3/h4-15H,16-18H2,1-3H3. The SMILES string of the molecule is COCc1ccc(OB(Oc2ccc(COC)cc2)Oc2ccc(COC)cc2)cc1. The van der Waals surface area contributed by atoms with Crippen molar-refractivity contribution < 1.29 is 28.2 Å². The average Bonchev–Trinajstić information content (AvgIpc) is 2.78. The fourth-order valence-corrected chi connectivity index (χ4v) is 2.90. The van der Waals surface area contributed by atoms with Crippen LogP contribution in [-0.2, 0) is 34.0 Å². The van der Waals surface area contributed by atoms with Gasteiger partial charge in [0.1, 0.15) is 17.2 Å². The van der Waals surface area contributed by atoms with Gasteiger partial charge in [0.25, 0.3) is 0 Å². The van der Waals surface area contributed by atoms with Gasteiger partial charge < -0.3 is 28.2 Å². The quantitative estimate of drug-likeness (QED) is 0.396. The largest absolute Gasteiger partial charge is 0.864 e. The molecule has 3 aromatic rings. The lowest BCUT2D eigenvalue weighted by Gasteiger charge is -2.17. The maximum Gasteiger partial charge on any atom is 0.864 e. The molecule has 0 aliphatic rings. The van der Waals surface area contributed by atoms with Crippen molar-refractivity contribution in [3.63, 3.8) is 0 Å². The number of benzene rings is 3. The minimum Gasteiger partial charge on any atom is -0.490 e. The van der Waals surface area contributed by atoms with E-state index in [1.165, 1.54) is 0 Å². The van der Waals surface area contributed by atoms with Gasteiger partial charge in [-0.2, -0.15) is 0 Å². The van der Waals surface area contributed by atoms with Crippen LogP contribution in [0.1, 0.15) is 16.7 Å². The number of ether oxygens (including phenoxy) is 3. The third kappa shape index (κ3) is 7.33. The van der Waals surface area contributed by atoms with Crippen molar-refractivity contribution >= 4 is 7.32 Å². The third-order valence-electron chi connectivity index (χ3n) is 4.40. The highest BCUT2D eigenvalue weighted by Crippen LogP contribution is 2.20. The van der Waals surface area contributed by atoms with Gasteiger partial charge in [0, 0.05) is 21.3 Å². The Morgan fingerprint density at radius 3 is 0.935 bits per heavy atom. The minimum absolute atomic E-state index is 0.540. The molecule has 0 atom stereocenters. The Balaban J connectivity index is 1.73. The molecule has 3 rings (SSSR count). The van der Waals surface area contributed by atoms with Gasteiger partial charge in [-0.25, -0.2) is 0 Å². The number of rotatable bonds is 12. The molecule has 0 saturated heterocycles. The van der Waals surface area contributed by atoms with Gasteiger partial charge in [-0.05, 0) is 53.1 Å². The molecule has 0 unspecified atom stereocenters. The summed E-state index contributed by atoms with van der Waals surface area (Å²) in [7, 11) is 4.02. The summed E-state index contributed by atoms with van der Waals surface area (Å²) >= 11 is 0. The third-order valence-corrected chi connectivity index (χ3v) is 4.40. The van der Waals surface area contributed by atoms with Gasteiger partial charge in [0.05, 0.1) is 19.8 Å². The molecular weight excluding hydrogens is 395 g/mol. The van der Waals surface area contributed by atoms with Crippen LogP contribution in [0.3, 0.4) is 0 Å². The molecular formula is C24H27BO6. The molecule has 0 N–H and O–H groups in total. The molecule has 0 saturated carbocycles. The van der Waals surface area contributed by atoms with Gasteiger partial charge >= 0.3 is 7.32 Å². The molecule has 0 spiro atoms. The van der Waals surface area contributed by atoms with Gasteiger partial charge in [0.15, 0.2) is 0 Å². The average molecular weight is 422 g/mol. The lowest BCUT2D eigenvalue weighted by Crippen LogP contribution is -2.37. The maximum absolute atomic E-state index is 5.98. The Kier molecular flexibility index (Phi) is 8.78. The van der Waals surface area contributed by atoms with Gasteiger partial charge in [-0.1, -0.05) is 36.4 Å². The Morgan fingerprint density at radius 2 is 0.710 bits per heavy atom. The molecule has 0 aliphatic heterocycles. The summed E-state index contributed by atoms with van der Waals surface area (Å²) in [5, 5.41) is 0. The molecule has 6 nitrogen and oxygen atoms in total. The normalized spacial score (nSPS) is 10.5. The predicted molar refractivity (Wildman–Crippen MR) is 119 cm³/mol. The summed E-state index contributed by atoms with van der Waals surface area (Å²) in [5.74, 6) is 1.87. The van der Waals surface area contributed by atoms with E-state index in [0.29, 0.717) is 37.1 Å². The fourth-order valence-electron chi connectivity index (χ4n) is 2.90. The molecule has 0 aromatic heterocycles. The van der Waals surface area contributed by atoms with Crippen LogP contribution >= 0.6 is 0 Å². The monoisotopic (exact) mass is 422 g/mol. The number of methoxy groups -OCH3 is 3. The Morgan fingerprint density at radius 1 is 0.452 bits per heavy atom. The van der Waals surface area contributed by atoms with E-state index >= 15 is 0 Å². The zero-order chi connectivity index (χ0) is 21.9. The highest BCUT2D eigenvalue weighted by atomic mass is 16.7. The van der Waals surface area contributed by atoms with Crippen molar-refractivity contribution in [3.8, 4) is 17.2 Å². The molecule has 31 heavy (non-hydrogen) atoms. The highest BCUT2D eigenvalue weighted by Gasteiger charge is 2.30. The smallest absolute Gasteiger partial charge is 0.490 e. The molecule has 0 fully saturated rings. The second-order valence-electron chi connectivity index (χ2n) is 6.87. The molecule has 0 aliphatic carbocycles. The van der Waals surface area contributed by atoms with Gasteiger partial charge in [-0.15, -0.1) is 0 Å². The lowest BCUT2D eigenvalue weighted by atomic mass is 10.1. The van der Waals surface area contributed by atoms with Crippen molar-refractivity contribution in [1.82, 2.24) is 0 Å². The summed E-state index contributed by atoms with van der Waals surface area (Å²) < 4.78 is 33.4. The first-order valence-corrected chi connectivity index (χ1v) is 9.94. The minimum atomic E-state index is -0.977. The first-order chi connectivity index (χ1) is 15.2. The van der Waals surface area contributed by atoms with Crippen molar-refractivity contribution in [3.05, 3.63) is 89.5 Å². The highest BCUT2D eigenvalue weighted by molar-refractivity contribution is 6.39. The van der Waals surface area contributed by atoms with E-state index in [-0.39, 0.29) is 0 Å². The maximum atomic E-state index is 5.98. The molecule has 0 bridgehead atoms. The van der Waals surface area contributed by atoms with E-state index in [2.05, 4.69) is 0 Å². The summed E-state index contributed by atoms with van der Waals surface area (Å²) in [6.07, 6.45) is 0. The number of hydrogen-bond donors (Lipinski definition) is 0. The summed E-state index contributed by atoms with van der Waals surface area (Å²) in [4.78, 5) is 0. The van der Waals surface area contributed by atoms with E-state index in [1.54, 1.807) is 21.3 Å². The molecule has 7 heteroatoms. The van der Waals surface area contributed by atoms with Crippen LogP contribution in [0, 0.1) is 0 Å².